The molecular weight excluding hydrogens is 378 g/mol. The number of amides is 1. The van der Waals surface area contributed by atoms with Crippen LogP contribution in [0.2, 0.25) is 5.02 Å². The smallest absolute Gasteiger partial charge is 0.306 e. The summed E-state index contributed by atoms with van der Waals surface area (Å²) in [4.78, 5) is 35.7. The molecule has 0 heterocycles. The van der Waals surface area contributed by atoms with E-state index in [2.05, 4.69) is 19.2 Å². The van der Waals surface area contributed by atoms with Crippen LogP contribution in [0.25, 0.3) is 0 Å². The normalized spacial score (nSPS) is 11.5. The van der Waals surface area contributed by atoms with Crippen LogP contribution in [0.1, 0.15) is 54.9 Å². The fourth-order valence-corrected chi connectivity index (χ4v) is 2.67. The molecule has 0 aromatic heterocycles. The maximum absolute atomic E-state index is 12.0. The van der Waals surface area contributed by atoms with Gasteiger partial charge in [-0.05, 0) is 54.3 Å². The van der Waals surface area contributed by atoms with E-state index in [0.717, 1.165) is 6.42 Å². The van der Waals surface area contributed by atoms with Crippen molar-refractivity contribution in [1.82, 2.24) is 0 Å². The number of carbonyl (C=O) groups is 3. The number of esters is 1. The third kappa shape index (κ3) is 6.82. The molecule has 0 bridgehead atoms. The molecule has 0 spiro atoms. The highest BCUT2D eigenvalue weighted by Gasteiger charge is 2.12. The Morgan fingerprint density at radius 1 is 1.00 bits per heavy atom. The van der Waals surface area contributed by atoms with Gasteiger partial charge in [-0.3, -0.25) is 14.4 Å². The SMILES string of the molecule is CC[C@@H](C)c1ccc(NC(=O)COC(=O)CCC(=O)c2ccc(Cl)cc2)cc1. The van der Waals surface area contributed by atoms with Crippen molar-refractivity contribution in [2.75, 3.05) is 11.9 Å². The van der Waals surface area contributed by atoms with Crippen LogP contribution in [-0.2, 0) is 14.3 Å². The van der Waals surface area contributed by atoms with E-state index in [1.165, 1.54) is 5.56 Å². The van der Waals surface area contributed by atoms with Gasteiger partial charge in [0.1, 0.15) is 0 Å². The van der Waals surface area contributed by atoms with Gasteiger partial charge in [-0.1, -0.05) is 37.6 Å². The molecule has 0 saturated heterocycles. The third-order valence-electron chi connectivity index (χ3n) is 4.46. The zero-order valence-corrected chi connectivity index (χ0v) is 16.8. The highest BCUT2D eigenvalue weighted by atomic mass is 35.5. The van der Waals surface area contributed by atoms with Gasteiger partial charge in [-0.15, -0.1) is 0 Å². The minimum absolute atomic E-state index is 0.0131. The van der Waals surface area contributed by atoms with Crippen LogP contribution in [0.4, 0.5) is 5.69 Å². The van der Waals surface area contributed by atoms with E-state index in [1.54, 1.807) is 24.3 Å². The molecule has 28 heavy (non-hydrogen) atoms. The van der Waals surface area contributed by atoms with Gasteiger partial charge in [0.25, 0.3) is 5.91 Å². The number of Topliss-reactive ketones (excluding diaryl/α,β-unsaturated/α-hetero) is 1. The predicted octanol–water partition coefficient (Wildman–Crippen LogP) is 5.00. The van der Waals surface area contributed by atoms with Crippen molar-refractivity contribution in [1.29, 1.82) is 0 Å². The lowest BCUT2D eigenvalue weighted by Gasteiger charge is -2.10. The molecule has 0 saturated carbocycles. The molecule has 2 rings (SSSR count). The van der Waals surface area contributed by atoms with Crippen molar-refractivity contribution in [3.8, 4) is 0 Å². The van der Waals surface area contributed by atoms with Crippen LogP contribution in [0.5, 0.6) is 0 Å². The van der Waals surface area contributed by atoms with Crippen molar-refractivity contribution in [3.63, 3.8) is 0 Å². The maximum Gasteiger partial charge on any atom is 0.306 e. The number of ketones is 1. The second-order valence-corrected chi connectivity index (χ2v) is 7.01. The lowest BCUT2D eigenvalue weighted by molar-refractivity contribution is -0.147. The summed E-state index contributed by atoms with van der Waals surface area (Å²) in [6, 6.07) is 14.0. The number of carbonyl (C=O) groups excluding carboxylic acids is 3. The molecule has 0 aliphatic heterocycles. The highest BCUT2D eigenvalue weighted by molar-refractivity contribution is 6.30. The average molecular weight is 402 g/mol. The molecular formula is C22H24ClNO4. The molecule has 0 unspecified atom stereocenters. The Morgan fingerprint density at radius 2 is 1.64 bits per heavy atom. The van der Waals surface area contributed by atoms with Crippen molar-refractivity contribution < 1.29 is 19.1 Å². The van der Waals surface area contributed by atoms with E-state index >= 15 is 0 Å². The molecule has 2 aromatic rings. The van der Waals surface area contributed by atoms with E-state index in [1.807, 2.05) is 24.3 Å². The number of anilines is 1. The maximum atomic E-state index is 12.0. The summed E-state index contributed by atoms with van der Waals surface area (Å²) in [7, 11) is 0. The highest BCUT2D eigenvalue weighted by Crippen LogP contribution is 2.20. The Morgan fingerprint density at radius 3 is 2.25 bits per heavy atom. The van der Waals surface area contributed by atoms with Crippen molar-refractivity contribution >= 4 is 34.9 Å². The predicted molar refractivity (Wildman–Crippen MR) is 110 cm³/mol. The topological polar surface area (TPSA) is 72.5 Å². The fourth-order valence-electron chi connectivity index (χ4n) is 2.54. The zero-order valence-electron chi connectivity index (χ0n) is 16.0. The van der Waals surface area contributed by atoms with E-state index in [0.29, 0.717) is 22.2 Å². The van der Waals surface area contributed by atoms with Crippen LogP contribution in [0.15, 0.2) is 48.5 Å². The molecule has 0 radical (unpaired) electrons. The van der Waals surface area contributed by atoms with E-state index in [9.17, 15) is 14.4 Å². The summed E-state index contributed by atoms with van der Waals surface area (Å²) in [6.45, 7) is 3.88. The molecule has 1 N–H and O–H groups in total. The first-order chi connectivity index (χ1) is 13.4. The molecule has 5 nitrogen and oxygen atoms in total. The second-order valence-electron chi connectivity index (χ2n) is 6.57. The first kappa shape index (κ1) is 21.6. The zero-order chi connectivity index (χ0) is 20.5. The number of halogens is 1. The van der Waals surface area contributed by atoms with Crippen molar-refractivity contribution in [2.45, 2.75) is 39.0 Å². The summed E-state index contributed by atoms with van der Waals surface area (Å²) in [5.74, 6) is -0.737. The van der Waals surface area contributed by atoms with Crippen molar-refractivity contribution in [3.05, 3.63) is 64.7 Å². The molecule has 1 amide bonds. The number of nitrogens with one attached hydrogen (secondary N) is 1. The number of rotatable bonds is 9. The van der Waals surface area contributed by atoms with Crippen LogP contribution >= 0.6 is 11.6 Å². The number of hydrogen-bond acceptors (Lipinski definition) is 4. The number of ether oxygens (including phenoxy) is 1. The standard InChI is InChI=1S/C22H24ClNO4/c1-3-15(2)16-6-10-19(11-7-16)24-21(26)14-28-22(27)13-12-20(25)17-4-8-18(23)9-5-17/h4-11,15H,3,12-14H2,1-2H3,(H,24,26)/t15-/m1/s1. The fraction of sp³-hybridized carbons (Fsp3) is 0.318. The quantitative estimate of drug-likeness (QED) is 0.474. The second kappa shape index (κ2) is 10.6. The Balaban J connectivity index is 1.72. The van der Waals surface area contributed by atoms with Gasteiger partial charge in [0.2, 0.25) is 0 Å². The summed E-state index contributed by atoms with van der Waals surface area (Å²) >= 11 is 5.78. The van der Waals surface area contributed by atoms with Crippen LogP contribution in [0, 0.1) is 0 Å². The molecule has 148 valence electrons. The molecule has 1 atom stereocenters. The van der Waals surface area contributed by atoms with Gasteiger partial charge < -0.3 is 10.1 Å². The summed E-state index contributed by atoms with van der Waals surface area (Å²) in [5.41, 5.74) is 2.33. The summed E-state index contributed by atoms with van der Waals surface area (Å²) in [5, 5.41) is 3.22. The number of benzene rings is 2. The van der Waals surface area contributed by atoms with Crippen LogP contribution in [0.3, 0.4) is 0 Å². The molecule has 0 fully saturated rings. The van der Waals surface area contributed by atoms with Gasteiger partial charge in [0, 0.05) is 22.7 Å². The van der Waals surface area contributed by atoms with E-state index in [-0.39, 0.29) is 25.2 Å². The third-order valence-corrected chi connectivity index (χ3v) is 4.71. The van der Waals surface area contributed by atoms with Gasteiger partial charge in [0.05, 0.1) is 6.42 Å². The molecule has 6 heteroatoms. The lowest BCUT2D eigenvalue weighted by atomic mass is 9.99. The molecule has 2 aromatic carbocycles. The van der Waals surface area contributed by atoms with Gasteiger partial charge in [-0.2, -0.15) is 0 Å². The Bertz CT molecular complexity index is 815. The van der Waals surface area contributed by atoms with Gasteiger partial charge in [0.15, 0.2) is 12.4 Å². The van der Waals surface area contributed by atoms with Gasteiger partial charge in [-0.25, -0.2) is 0 Å². The van der Waals surface area contributed by atoms with Crippen molar-refractivity contribution in [2.24, 2.45) is 0 Å². The number of hydrogen-bond donors (Lipinski definition) is 1. The summed E-state index contributed by atoms with van der Waals surface area (Å²) in [6.07, 6.45) is 0.972. The molecule has 0 aliphatic carbocycles. The first-order valence-corrected chi connectivity index (χ1v) is 9.61. The molecule has 0 aliphatic rings. The van der Waals surface area contributed by atoms with Crippen LogP contribution in [-0.4, -0.2) is 24.3 Å². The van der Waals surface area contributed by atoms with Crippen LogP contribution < -0.4 is 5.32 Å². The Hall–Kier alpha value is -2.66. The largest absolute Gasteiger partial charge is 0.456 e. The van der Waals surface area contributed by atoms with Gasteiger partial charge >= 0.3 is 5.97 Å². The minimum Gasteiger partial charge on any atom is -0.456 e. The summed E-state index contributed by atoms with van der Waals surface area (Å²) < 4.78 is 4.94. The Kier molecular flexibility index (Phi) is 8.20. The Labute approximate surface area is 170 Å². The first-order valence-electron chi connectivity index (χ1n) is 9.23. The van der Waals surface area contributed by atoms with E-state index < -0.39 is 11.9 Å². The average Bonchev–Trinajstić information content (AvgIpc) is 2.71. The lowest BCUT2D eigenvalue weighted by Crippen LogP contribution is -2.21. The monoisotopic (exact) mass is 401 g/mol. The minimum atomic E-state index is -0.593. The van der Waals surface area contributed by atoms with E-state index in [4.69, 9.17) is 16.3 Å².